The Bertz CT molecular complexity index is 634. The number of hydrogen-bond acceptors (Lipinski definition) is 4. The normalized spacial score (nSPS) is 22.8. The van der Waals surface area contributed by atoms with Crippen LogP contribution in [0.3, 0.4) is 0 Å². The number of halogens is 2. The lowest BCUT2D eigenvalue weighted by atomic mass is 10.1. The molecule has 1 amide bonds. The largest absolute Gasteiger partial charge is 0.376 e. The molecule has 1 fully saturated rings. The molecule has 0 aromatic heterocycles. The number of amides is 1. The molecule has 1 aromatic carbocycles. The molecule has 8 heteroatoms. The van der Waals surface area contributed by atoms with Crippen molar-refractivity contribution < 1.29 is 22.3 Å². The Kier molecular flexibility index (Phi) is 4.31. The first-order valence-corrected chi connectivity index (χ1v) is 8.26. The lowest BCUT2D eigenvalue weighted by molar-refractivity contribution is 0.0866. The second-order valence-corrected chi connectivity index (χ2v) is 7.06. The Morgan fingerprint density at radius 2 is 2.20 bits per heavy atom. The third-order valence-corrected chi connectivity index (χ3v) is 4.49. The quantitative estimate of drug-likeness (QED) is 0.859. The molecule has 2 rings (SSSR count). The maximum Gasteiger partial charge on any atom is 0.264 e. The summed E-state index contributed by atoms with van der Waals surface area (Å²) in [5.41, 5.74) is 0.0322. The summed E-state index contributed by atoms with van der Waals surface area (Å²) in [6.45, 7) is 2.38. The summed E-state index contributed by atoms with van der Waals surface area (Å²) in [4.78, 5) is 11.3. The van der Waals surface area contributed by atoms with E-state index in [4.69, 9.17) is 15.4 Å². The van der Waals surface area contributed by atoms with E-state index in [1.54, 1.807) is 0 Å². The molecule has 1 aliphatic heterocycles. The Hall–Kier alpha value is -1.18. The van der Waals surface area contributed by atoms with Crippen molar-refractivity contribution in [2.45, 2.75) is 30.4 Å². The van der Waals surface area contributed by atoms with Gasteiger partial charge < -0.3 is 10.1 Å². The van der Waals surface area contributed by atoms with E-state index in [0.717, 1.165) is 12.1 Å². The summed E-state index contributed by atoms with van der Waals surface area (Å²) in [7, 11) is 0.879. The van der Waals surface area contributed by atoms with Gasteiger partial charge in [0.15, 0.2) is 0 Å². The van der Waals surface area contributed by atoms with Crippen molar-refractivity contribution in [2.24, 2.45) is 0 Å². The van der Waals surface area contributed by atoms with Crippen molar-refractivity contribution in [1.82, 2.24) is 5.32 Å². The number of carbonyl (C=O) groups excluding carboxylic acids is 1. The Labute approximate surface area is 120 Å². The van der Waals surface area contributed by atoms with Gasteiger partial charge >= 0.3 is 0 Å². The van der Waals surface area contributed by atoms with Crippen LogP contribution in [0.2, 0.25) is 0 Å². The molecule has 1 aromatic rings. The maximum atomic E-state index is 13.4. The van der Waals surface area contributed by atoms with Crippen LogP contribution in [0.1, 0.15) is 23.7 Å². The highest BCUT2D eigenvalue weighted by Crippen LogP contribution is 2.21. The van der Waals surface area contributed by atoms with Crippen LogP contribution < -0.4 is 5.32 Å². The molecule has 2 unspecified atom stereocenters. The van der Waals surface area contributed by atoms with Crippen molar-refractivity contribution in [3.63, 3.8) is 0 Å². The topological polar surface area (TPSA) is 72.5 Å². The highest BCUT2D eigenvalue weighted by atomic mass is 35.7. The summed E-state index contributed by atoms with van der Waals surface area (Å²) >= 11 is 0. The molecular weight excluding hydrogens is 309 g/mol. The van der Waals surface area contributed by atoms with Crippen molar-refractivity contribution in [2.75, 3.05) is 6.61 Å². The first-order chi connectivity index (χ1) is 9.29. The predicted molar refractivity (Wildman–Crippen MR) is 70.7 cm³/mol. The summed E-state index contributed by atoms with van der Waals surface area (Å²) < 4.78 is 41.1. The van der Waals surface area contributed by atoms with Gasteiger partial charge in [-0.2, -0.15) is 0 Å². The fraction of sp³-hybridized carbons (Fsp3) is 0.417. The number of carbonyl (C=O) groups is 1. The van der Waals surface area contributed by atoms with Crippen LogP contribution in [-0.2, 0) is 13.8 Å². The smallest absolute Gasteiger partial charge is 0.264 e. The standard InChI is InChI=1S/C12H13ClFNO4S/c1-7-10(4-5-19-7)15-12(16)8-2-3-9(14)11(6-8)20(13,17)18/h2-3,6-7,10H,4-5H2,1H3,(H,15,16). The molecule has 1 N–H and O–H groups in total. The molecule has 0 aliphatic carbocycles. The summed E-state index contributed by atoms with van der Waals surface area (Å²) in [5.74, 6) is -1.48. The van der Waals surface area contributed by atoms with Crippen molar-refractivity contribution in [3.05, 3.63) is 29.6 Å². The van der Waals surface area contributed by atoms with E-state index in [0.29, 0.717) is 13.0 Å². The molecule has 20 heavy (non-hydrogen) atoms. The number of rotatable bonds is 3. The average molecular weight is 322 g/mol. The molecule has 0 spiro atoms. The number of benzene rings is 1. The average Bonchev–Trinajstić information content (AvgIpc) is 2.74. The van der Waals surface area contributed by atoms with Gasteiger partial charge in [0, 0.05) is 22.9 Å². The molecule has 2 atom stereocenters. The van der Waals surface area contributed by atoms with E-state index in [1.807, 2.05) is 6.92 Å². The van der Waals surface area contributed by atoms with Crippen LogP contribution in [0, 0.1) is 5.82 Å². The van der Waals surface area contributed by atoms with Crippen LogP contribution >= 0.6 is 10.7 Å². The number of hydrogen-bond donors (Lipinski definition) is 1. The predicted octanol–water partition coefficient (Wildman–Crippen LogP) is 1.66. The number of nitrogens with one attached hydrogen (secondary N) is 1. The van der Waals surface area contributed by atoms with Crippen LogP contribution in [0.25, 0.3) is 0 Å². The van der Waals surface area contributed by atoms with Gasteiger partial charge in [0.1, 0.15) is 10.7 Å². The molecule has 5 nitrogen and oxygen atoms in total. The van der Waals surface area contributed by atoms with Gasteiger partial charge in [0.2, 0.25) is 0 Å². The van der Waals surface area contributed by atoms with Crippen LogP contribution in [-0.4, -0.2) is 33.1 Å². The third-order valence-electron chi connectivity index (χ3n) is 3.15. The fourth-order valence-corrected chi connectivity index (χ4v) is 2.93. The Morgan fingerprint density at radius 3 is 2.75 bits per heavy atom. The zero-order valence-electron chi connectivity index (χ0n) is 10.6. The highest BCUT2D eigenvalue weighted by molar-refractivity contribution is 8.13. The van der Waals surface area contributed by atoms with E-state index in [-0.39, 0.29) is 17.7 Å². The third kappa shape index (κ3) is 3.28. The first kappa shape index (κ1) is 15.2. The van der Waals surface area contributed by atoms with E-state index >= 15 is 0 Å². The van der Waals surface area contributed by atoms with Gasteiger partial charge in [-0.25, -0.2) is 12.8 Å². The van der Waals surface area contributed by atoms with E-state index in [1.165, 1.54) is 6.07 Å². The lowest BCUT2D eigenvalue weighted by Crippen LogP contribution is -2.39. The van der Waals surface area contributed by atoms with Gasteiger partial charge in [-0.1, -0.05) is 0 Å². The molecule has 0 saturated carbocycles. The van der Waals surface area contributed by atoms with Gasteiger partial charge in [-0.3, -0.25) is 4.79 Å². The maximum absolute atomic E-state index is 13.4. The molecule has 1 heterocycles. The van der Waals surface area contributed by atoms with Gasteiger partial charge in [-0.15, -0.1) is 0 Å². The van der Waals surface area contributed by atoms with Crippen LogP contribution in [0.15, 0.2) is 23.1 Å². The fourth-order valence-electron chi connectivity index (χ4n) is 2.00. The second kappa shape index (κ2) is 5.67. The van der Waals surface area contributed by atoms with Crippen molar-refractivity contribution in [1.29, 1.82) is 0 Å². The van der Waals surface area contributed by atoms with Crippen molar-refractivity contribution >= 4 is 25.6 Å². The monoisotopic (exact) mass is 321 g/mol. The summed E-state index contributed by atoms with van der Waals surface area (Å²) in [6.07, 6.45) is 0.560. The first-order valence-electron chi connectivity index (χ1n) is 5.95. The highest BCUT2D eigenvalue weighted by Gasteiger charge is 2.26. The van der Waals surface area contributed by atoms with Crippen LogP contribution in [0.5, 0.6) is 0 Å². The van der Waals surface area contributed by atoms with Crippen molar-refractivity contribution in [3.8, 4) is 0 Å². The number of ether oxygens (including phenoxy) is 1. The Morgan fingerprint density at radius 1 is 1.50 bits per heavy atom. The molecule has 1 aliphatic rings. The van der Waals surface area contributed by atoms with Gasteiger partial charge in [0.05, 0.1) is 12.1 Å². The van der Waals surface area contributed by atoms with Crippen LogP contribution in [0.4, 0.5) is 4.39 Å². The van der Waals surface area contributed by atoms with E-state index in [2.05, 4.69) is 5.32 Å². The second-order valence-electron chi connectivity index (χ2n) is 4.53. The molecular formula is C12H13ClFNO4S. The Balaban J connectivity index is 2.23. The molecule has 1 saturated heterocycles. The lowest BCUT2D eigenvalue weighted by Gasteiger charge is -2.16. The van der Waals surface area contributed by atoms with Gasteiger partial charge in [0.25, 0.3) is 15.0 Å². The summed E-state index contributed by atoms with van der Waals surface area (Å²) in [5, 5.41) is 2.72. The SMILES string of the molecule is CC1OCCC1NC(=O)c1ccc(F)c(S(=O)(=O)Cl)c1. The summed E-state index contributed by atoms with van der Waals surface area (Å²) in [6, 6.07) is 2.88. The molecule has 0 bridgehead atoms. The minimum Gasteiger partial charge on any atom is -0.376 e. The minimum absolute atomic E-state index is 0.0322. The molecule has 0 radical (unpaired) electrons. The van der Waals surface area contributed by atoms with Gasteiger partial charge in [-0.05, 0) is 31.5 Å². The van der Waals surface area contributed by atoms with E-state index < -0.39 is 25.7 Å². The zero-order chi connectivity index (χ0) is 14.9. The zero-order valence-corrected chi connectivity index (χ0v) is 12.2. The minimum atomic E-state index is -4.24. The van der Waals surface area contributed by atoms with E-state index in [9.17, 15) is 17.6 Å². The molecule has 110 valence electrons.